The Labute approximate surface area is 131 Å². The van der Waals surface area contributed by atoms with Crippen LogP contribution in [-0.4, -0.2) is 50.0 Å². The molecule has 0 aromatic heterocycles. The molecule has 0 bridgehead atoms. The van der Waals surface area contributed by atoms with Crippen LogP contribution in [-0.2, 0) is 16.6 Å². The van der Waals surface area contributed by atoms with Crippen LogP contribution in [0.2, 0.25) is 0 Å². The Balaban J connectivity index is 3.02. The third kappa shape index (κ3) is 4.88. The number of aliphatic hydroxyl groups excluding tert-OH is 1. The van der Waals surface area contributed by atoms with E-state index in [1.54, 1.807) is 24.9 Å². The summed E-state index contributed by atoms with van der Waals surface area (Å²) in [6.07, 6.45) is 2.78. The van der Waals surface area contributed by atoms with Crippen molar-refractivity contribution in [2.24, 2.45) is 0 Å². The smallest absolute Gasteiger partial charge is 0.242 e. The number of hydrogen-bond donors (Lipinski definition) is 1. The van der Waals surface area contributed by atoms with E-state index >= 15 is 0 Å². The van der Waals surface area contributed by atoms with Crippen molar-refractivity contribution in [3.8, 4) is 5.75 Å². The van der Waals surface area contributed by atoms with Crippen molar-refractivity contribution in [2.75, 3.05) is 32.2 Å². The van der Waals surface area contributed by atoms with Crippen molar-refractivity contribution >= 4 is 21.8 Å². The topological polar surface area (TPSA) is 66.8 Å². The van der Waals surface area contributed by atoms with E-state index in [1.807, 2.05) is 13.2 Å². The van der Waals surface area contributed by atoms with Crippen molar-refractivity contribution < 1.29 is 18.3 Å². The van der Waals surface area contributed by atoms with Crippen molar-refractivity contribution in [3.05, 3.63) is 23.8 Å². The summed E-state index contributed by atoms with van der Waals surface area (Å²) < 4.78 is 31.7. The third-order valence-corrected chi connectivity index (χ3v) is 5.43. The summed E-state index contributed by atoms with van der Waals surface area (Å²) in [5.41, 5.74) is 0.489. The molecule has 0 spiro atoms. The standard InChI is InChI=1S/C14H23NO4S2/c1-4-8-19-14-6-5-13(10-12(14)11-16)21(17,18)15(2)7-9-20-3/h5-6,10,16H,4,7-9,11H2,1-3H3. The molecule has 1 aromatic rings. The Bertz CT molecular complexity index is 546. The maximum absolute atomic E-state index is 12.4. The Hall–Kier alpha value is -0.760. The fourth-order valence-corrected chi connectivity index (χ4v) is 3.51. The fraction of sp³-hybridized carbons (Fsp3) is 0.571. The summed E-state index contributed by atoms with van der Waals surface area (Å²) in [5, 5.41) is 9.40. The van der Waals surface area contributed by atoms with Gasteiger partial charge in [0, 0.05) is 24.9 Å². The summed E-state index contributed by atoms with van der Waals surface area (Å²) in [5.74, 6) is 1.27. The zero-order chi connectivity index (χ0) is 15.9. The van der Waals surface area contributed by atoms with E-state index in [2.05, 4.69) is 0 Å². The van der Waals surface area contributed by atoms with Crippen molar-refractivity contribution in [3.63, 3.8) is 0 Å². The first kappa shape index (κ1) is 18.3. The average Bonchev–Trinajstić information content (AvgIpc) is 2.50. The van der Waals surface area contributed by atoms with Crippen LogP contribution in [0.15, 0.2) is 23.1 Å². The van der Waals surface area contributed by atoms with Crippen LogP contribution in [0.5, 0.6) is 5.75 Å². The molecule has 0 unspecified atom stereocenters. The molecular weight excluding hydrogens is 310 g/mol. The van der Waals surface area contributed by atoms with Gasteiger partial charge in [-0.3, -0.25) is 0 Å². The van der Waals surface area contributed by atoms with Gasteiger partial charge >= 0.3 is 0 Å². The minimum absolute atomic E-state index is 0.180. The second-order valence-corrected chi connectivity index (χ2v) is 7.63. The summed E-state index contributed by atoms with van der Waals surface area (Å²) in [7, 11) is -1.97. The Kier molecular flexibility index (Phi) is 7.51. The molecule has 1 aromatic carbocycles. The van der Waals surface area contributed by atoms with Crippen LogP contribution in [0.1, 0.15) is 18.9 Å². The van der Waals surface area contributed by atoms with Gasteiger partial charge in [-0.25, -0.2) is 12.7 Å². The van der Waals surface area contributed by atoms with Crippen LogP contribution >= 0.6 is 11.8 Å². The van der Waals surface area contributed by atoms with Gasteiger partial charge in [-0.15, -0.1) is 0 Å². The molecule has 0 amide bonds. The Morgan fingerprint density at radius 2 is 2.10 bits per heavy atom. The van der Waals surface area contributed by atoms with Crippen molar-refractivity contribution in [1.82, 2.24) is 4.31 Å². The monoisotopic (exact) mass is 333 g/mol. The highest BCUT2D eigenvalue weighted by Gasteiger charge is 2.21. The Morgan fingerprint density at radius 1 is 1.38 bits per heavy atom. The maximum atomic E-state index is 12.4. The predicted octanol–water partition coefficient (Wildman–Crippen LogP) is 1.95. The molecule has 21 heavy (non-hydrogen) atoms. The molecule has 0 aliphatic carbocycles. The number of rotatable bonds is 9. The van der Waals surface area contributed by atoms with Gasteiger partial charge in [-0.05, 0) is 30.9 Å². The van der Waals surface area contributed by atoms with E-state index in [9.17, 15) is 13.5 Å². The molecule has 0 aliphatic rings. The van der Waals surface area contributed by atoms with Gasteiger partial charge in [0.05, 0.1) is 18.1 Å². The number of nitrogens with zero attached hydrogens (tertiary/aromatic N) is 1. The van der Waals surface area contributed by atoms with Gasteiger partial charge in [0.25, 0.3) is 0 Å². The molecular formula is C14H23NO4S2. The second-order valence-electron chi connectivity index (χ2n) is 4.60. The molecule has 0 atom stereocenters. The minimum atomic E-state index is -3.53. The molecule has 120 valence electrons. The highest BCUT2D eigenvalue weighted by atomic mass is 32.2. The lowest BCUT2D eigenvalue weighted by molar-refractivity contribution is 0.262. The molecule has 0 radical (unpaired) electrons. The molecule has 0 aliphatic heterocycles. The van der Waals surface area contributed by atoms with Gasteiger partial charge < -0.3 is 9.84 Å². The van der Waals surface area contributed by atoms with Crippen molar-refractivity contribution in [2.45, 2.75) is 24.8 Å². The minimum Gasteiger partial charge on any atom is -0.493 e. The van der Waals surface area contributed by atoms with Crippen LogP contribution in [0.4, 0.5) is 0 Å². The molecule has 5 nitrogen and oxygen atoms in total. The van der Waals surface area contributed by atoms with Gasteiger partial charge in [0.15, 0.2) is 0 Å². The summed E-state index contributed by atoms with van der Waals surface area (Å²) >= 11 is 1.59. The number of sulfonamides is 1. The zero-order valence-corrected chi connectivity index (χ0v) is 14.3. The van der Waals surface area contributed by atoms with E-state index < -0.39 is 10.0 Å². The van der Waals surface area contributed by atoms with E-state index in [-0.39, 0.29) is 11.5 Å². The third-order valence-electron chi connectivity index (χ3n) is 2.98. The lowest BCUT2D eigenvalue weighted by atomic mass is 10.2. The largest absolute Gasteiger partial charge is 0.493 e. The van der Waals surface area contributed by atoms with E-state index in [0.29, 0.717) is 24.5 Å². The predicted molar refractivity (Wildman–Crippen MR) is 86.3 cm³/mol. The Morgan fingerprint density at radius 3 is 2.67 bits per heavy atom. The zero-order valence-electron chi connectivity index (χ0n) is 12.7. The highest BCUT2D eigenvalue weighted by Crippen LogP contribution is 2.24. The summed E-state index contributed by atoms with van der Waals surface area (Å²) in [6.45, 7) is 2.72. The van der Waals surface area contributed by atoms with E-state index in [1.165, 1.54) is 16.4 Å². The molecule has 0 heterocycles. The van der Waals surface area contributed by atoms with Crippen LogP contribution in [0.25, 0.3) is 0 Å². The second kappa shape index (κ2) is 8.63. The number of aliphatic hydroxyl groups is 1. The first-order valence-electron chi connectivity index (χ1n) is 6.79. The van der Waals surface area contributed by atoms with Gasteiger partial charge in [0.1, 0.15) is 5.75 Å². The van der Waals surface area contributed by atoms with Crippen LogP contribution < -0.4 is 4.74 Å². The van der Waals surface area contributed by atoms with E-state index in [4.69, 9.17) is 4.74 Å². The normalized spacial score (nSPS) is 11.9. The number of hydrogen-bond acceptors (Lipinski definition) is 5. The highest BCUT2D eigenvalue weighted by molar-refractivity contribution is 7.98. The first-order chi connectivity index (χ1) is 9.97. The summed E-state index contributed by atoms with van der Waals surface area (Å²) in [6, 6.07) is 4.61. The molecule has 7 heteroatoms. The van der Waals surface area contributed by atoms with Gasteiger partial charge in [-0.2, -0.15) is 11.8 Å². The average molecular weight is 333 g/mol. The quantitative estimate of drug-likeness (QED) is 0.748. The molecule has 1 N–H and O–H groups in total. The molecule has 1 rings (SSSR count). The van der Waals surface area contributed by atoms with Crippen LogP contribution in [0, 0.1) is 0 Å². The molecule has 0 saturated carbocycles. The summed E-state index contributed by atoms with van der Waals surface area (Å²) in [4.78, 5) is 0.180. The van der Waals surface area contributed by atoms with Gasteiger partial charge in [0.2, 0.25) is 10.0 Å². The van der Waals surface area contributed by atoms with E-state index in [0.717, 1.165) is 12.2 Å². The molecule has 0 fully saturated rings. The van der Waals surface area contributed by atoms with Crippen molar-refractivity contribution in [1.29, 1.82) is 0 Å². The lowest BCUT2D eigenvalue weighted by Crippen LogP contribution is -2.29. The molecule has 0 saturated heterocycles. The number of benzene rings is 1. The fourth-order valence-electron chi connectivity index (χ4n) is 1.71. The first-order valence-corrected chi connectivity index (χ1v) is 9.62. The van der Waals surface area contributed by atoms with Gasteiger partial charge in [-0.1, -0.05) is 6.92 Å². The number of thioether (sulfide) groups is 1. The lowest BCUT2D eigenvalue weighted by Gasteiger charge is -2.18. The number of ether oxygens (including phenoxy) is 1. The van der Waals surface area contributed by atoms with Crippen LogP contribution in [0.3, 0.4) is 0 Å². The SMILES string of the molecule is CCCOc1ccc(S(=O)(=O)N(C)CCSC)cc1CO. The maximum Gasteiger partial charge on any atom is 0.242 e.